The number of likely N-dealkylation sites (N-methyl/N-ethyl adjacent to an activating group) is 1. The second-order valence-corrected chi connectivity index (χ2v) is 7.41. The first kappa shape index (κ1) is 19.7. The molecule has 3 nitrogen and oxygen atoms in total. The number of hydrogen-bond donors (Lipinski definition) is 0. The summed E-state index contributed by atoms with van der Waals surface area (Å²) in [6, 6.07) is 11.6. The molecule has 2 aromatic carbocycles. The van der Waals surface area contributed by atoms with E-state index in [1.807, 2.05) is 51.2 Å². The zero-order chi connectivity index (χ0) is 19.8. The smallest absolute Gasteiger partial charge is 0.416 e. The molecule has 0 saturated carbocycles. The summed E-state index contributed by atoms with van der Waals surface area (Å²) in [6.45, 7) is 3.54. The SMILES string of the molecule is CC(Oc1ccc2c(c1)CN(C)CC2c1ccc(C(F)(F)F)cc1)N(C)C. The second kappa shape index (κ2) is 7.52. The van der Waals surface area contributed by atoms with Gasteiger partial charge in [-0.15, -0.1) is 0 Å². The van der Waals surface area contributed by atoms with Crippen molar-refractivity contribution in [1.82, 2.24) is 9.80 Å². The van der Waals surface area contributed by atoms with Crippen LogP contribution in [0.4, 0.5) is 13.2 Å². The quantitative estimate of drug-likeness (QED) is 0.725. The first-order chi connectivity index (χ1) is 12.6. The molecule has 2 atom stereocenters. The van der Waals surface area contributed by atoms with Gasteiger partial charge in [-0.2, -0.15) is 13.2 Å². The third-order valence-electron chi connectivity index (χ3n) is 5.10. The van der Waals surface area contributed by atoms with E-state index < -0.39 is 11.7 Å². The van der Waals surface area contributed by atoms with Crippen LogP contribution in [-0.4, -0.2) is 43.7 Å². The maximum atomic E-state index is 12.8. The number of ether oxygens (including phenoxy) is 1. The third kappa shape index (κ3) is 4.45. The minimum absolute atomic E-state index is 0.0429. The summed E-state index contributed by atoms with van der Waals surface area (Å²) in [6.07, 6.45) is -4.36. The Morgan fingerprint density at radius 1 is 1.11 bits per heavy atom. The molecule has 2 aromatic rings. The van der Waals surface area contributed by atoms with Crippen molar-refractivity contribution in [3.8, 4) is 5.75 Å². The van der Waals surface area contributed by atoms with Gasteiger partial charge in [-0.3, -0.25) is 4.90 Å². The average molecular weight is 378 g/mol. The van der Waals surface area contributed by atoms with Gasteiger partial charge in [0.2, 0.25) is 0 Å². The van der Waals surface area contributed by atoms with Gasteiger partial charge in [0.25, 0.3) is 0 Å². The fraction of sp³-hybridized carbons (Fsp3) is 0.429. The molecular weight excluding hydrogens is 353 g/mol. The number of rotatable bonds is 4. The van der Waals surface area contributed by atoms with Crippen LogP contribution in [-0.2, 0) is 12.7 Å². The zero-order valence-electron chi connectivity index (χ0n) is 16.0. The molecule has 0 aromatic heterocycles. The molecule has 0 bridgehead atoms. The van der Waals surface area contributed by atoms with Crippen molar-refractivity contribution in [2.75, 3.05) is 27.7 Å². The Morgan fingerprint density at radius 3 is 2.37 bits per heavy atom. The molecular formula is C21H25F3N2O. The molecule has 0 fully saturated rings. The number of benzene rings is 2. The van der Waals surface area contributed by atoms with Gasteiger partial charge in [0, 0.05) is 19.0 Å². The minimum atomic E-state index is -4.31. The summed E-state index contributed by atoms with van der Waals surface area (Å²) in [5.41, 5.74) is 2.58. The van der Waals surface area contributed by atoms with E-state index in [0.29, 0.717) is 0 Å². The molecule has 146 valence electrons. The standard InChI is InChI=1S/C21H25F3N2O/c1-14(25(2)3)27-18-9-10-19-16(11-18)12-26(4)13-20(19)15-5-7-17(8-6-15)21(22,23)24/h5-11,14,20H,12-13H2,1-4H3. The summed E-state index contributed by atoms with van der Waals surface area (Å²) in [5.74, 6) is 0.845. The lowest BCUT2D eigenvalue weighted by Crippen LogP contribution is -2.32. The molecule has 0 aliphatic carbocycles. The molecule has 1 aliphatic heterocycles. The number of nitrogens with zero attached hydrogens (tertiary/aromatic N) is 2. The van der Waals surface area contributed by atoms with Crippen molar-refractivity contribution in [3.63, 3.8) is 0 Å². The highest BCUT2D eigenvalue weighted by atomic mass is 19.4. The molecule has 3 rings (SSSR count). The van der Waals surface area contributed by atoms with Crippen LogP contribution in [0.5, 0.6) is 5.75 Å². The Kier molecular flexibility index (Phi) is 5.49. The first-order valence-electron chi connectivity index (χ1n) is 8.96. The van der Waals surface area contributed by atoms with Gasteiger partial charge in [-0.25, -0.2) is 0 Å². The second-order valence-electron chi connectivity index (χ2n) is 7.41. The maximum absolute atomic E-state index is 12.8. The summed E-state index contributed by atoms with van der Waals surface area (Å²) < 4.78 is 44.5. The van der Waals surface area contributed by atoms with E-state index in [9.17, 15) is 13.2 Å². The van der Waals surface area contributed by atoms with Crippen LogP contribution < -0.4 is 4.74 Å². The van der Waals surface area contributed by atoms with Gasteiger partial charge in [0.05, 0.1) is 5.56 Å². The van der Waals surface area contributed by atoms with Crippen molar-refractivity contribution < 1.29 is 17.9 Å². The summed E-state index contributed by atoms with van der Waals surface area (Å²) >= 11 is 0. The van der Waals surface area contributed by atoms with E-state index in [1.165, 1.54) is 12.1 Å². The number of hydrogen-bond acceptors (Lipinski definition) is 3. The number of alkyl halides is 3. The summed E-state index contributed by atoms with van der Waals surface area (Å²) in [5, 5.41) is 0. The highest BCUT2D eigenvalue weighted by molar-refractivity contribution is 5.44. The fourth-order valence-electron chi connectivity index (χ4n) is 3.39. The van der Waals surface area contributed by atoms with Gasteiger partial charge < -0.3 is 9.64 Å². The lowest BCUT2D eigenvalue weighted by Gasteiger charge is -2.33. The molecule has 0 saturated heterocycles. The van der Waals surface area contributed by atoms with E-state index in [0.717, 1.165) is 35.5 Å². The van der Waals surface area contributed by atoms with Crippen molar-refractivity contribution in [2.45, 2.75) is 31.8 Å². The lowest BCUT2D eigenvalue weighted by molar-refractivity contribution is -0.137. The van der Waals surface area contributed by atoms with Crippen molar-refractivity contribution in [1.29, 1.82) is 0 Å². The Bertz CT molecular complexity index is 787. The Labute approximate surface area is 158 Å². The van der Waals surface area contributed by atoms with E-state index >= 15 is 0 Å². The normalized spacial score (nSPS) is 19.0. The molecule has 1 heterocycles. The van der Waals surface area contributed by atoms with Crippen LogP contribution >= 0.6 is 0 Å². The van der Waals surface area contributed by atoms with Gasteiger partial charge in [0.1, 0.15) is 12.0 Å². The van der Waals surface area contributed by atoms with Crippen LogP contribution in [0.15, 0.2) is 42.5 Å². The first-order valence-corrected chi connectivity index (χ1v) is 8.96. The topological polar surface area (TPSA) is 15.7 Å². The highest BCUT2D eigenvalue weighted by Gasteiger charge is 2.31. The van der Waals surface area contributed by atoms with Gasteiger partial charge >= 0.3 is 6.18 Å². The van der Waals surface area contributed by atoms with E-state index in [2.05, 4.69) is 4.90 Å². The van der Waals surface area contributed by atoms with Crippen LogP contribution in [0.1, 0.15) is 35.1 Å². The zero-order valence-corrected chi connectivity index (χ0v) is 16.0. The van der Waals surface area contributed by atoms with Crippen molar-refractivity contribution in [3.05, 3.63) is 64.7 Å². The number of halogens is 3. The van der Waals surface area contributed by atoms with Gasteiger partial charge in [-0.1, -0.05) is 18.2 Å². The van der Waals surface area contributed by atoms with Gasteiger partial charge in [-0.05, 0) is 69.0 Å². The molecule has 2 unspecified atom stereocenters. The molecule has 0 amide bonds. The van der Waals surface area contributed by atoms with Crippen LogP contribution in [0.25, 0.3) is 0 Å². The molecule has 1 aliphatic rings. The Hall–Kier alpha value is -2.05. The Balaban J connectivity index is 1.89. The maximum Gasteiger partial charge on any atom is 0.416 e. The van der Waals surface area contributed by atoms with E-state index in [-0.39, 0.29) is 12.1 Å². The number of fused-ring (bicyclic) bond motifs is 1. The highest BCUT2D eigenvalue weighted by Crippen LogP contribution is 2.36. The molecule has 0 spiro atoms. The molecule has 0 radical (unpaired) electrons. The minimum Gasteiger partial charge on any atom is -0.475 e. The predicted octanol–water partition coefficient (Wildman–Crippen LogP) is 4.57. The summed E-state index contributed by atoms with van der Waals surface area (Å²) in [4.78, 5) is 4.17. The van der Waals surface area contributed by atoms with Crippen LogP contribution in [0.3, 0.4) is 0 Å². The van der Waals surface area contributed by atoms with Crippen molar-refractivity contribution >= 4 is 0 Å². The van der Waals surface area contributed by atoms with Gasteiger partial charge in [0.15, 0.2) is 0 Å². The third-order valence-corrected chi connectivity index (χ3v) is 5.10. The lowest BCUT2D eigenvalue weighted by atomic mass is 9.84. The molecule has 0 N–H and O–H groups in total. The molecule has 6 heteroatoms. The predicted molar refractivity (Wildman–Crippen MR) is 99.8 cm³/mol. The summed E-state index contributed by atoms with van der Waals surface area (Å²) in [7, 11) is 5.94. The van der Waals surface area contributed by atoms with E-state index in [1.54, 1.807) is 12.1 Å². The van der Waals surface area contributed by atoms with Crippen LogP contribution in [0.2, 0.25) is 0 Å². The largest absolute Gasteiger partial charge is 0.475 e. The van der Waals surface area contributed by atoms with E-state index in [4.69, 9.17) is 4.74 Å². The Morgan fingerprint density at radius 2 is 1.78 bits per heavy atom. The average Bonchev–Trinajstić information content (AvgIpc) is 2.60. The fourth-order valence-corrected chi connectivity index (χ4v) is 3.39. The monoisotopic (exact) mass is 378 g/mol. The molecule has 27 heavy (non-hydrogen) atoms. The van der Waals surface area contributed by atoms with Crippen molar-refractivity contribution in [2.24, 2.45) is 0 Å². The van der Waals surface area contributed by atoms with Crippen LogP contribution in [0, 0.1) is 0 Å².